The molecule has 0 aliphatic carbocycles. The molecule has 0 aromatic heterocycles. The summed E-state index contributed by atoms with van der Waals surface area (Å²) in [5, 5.41) is 7.74. The highest BCUT2D eigenvalue weighted by Gasteiger charge is 1.80. The Bertz CT molecular complexity index is 107. The fourth-order valence-electron chi connectivity index (χ4n) is 0.0665. The zero-order chi connectivity index (χ0) is 5.70. The van der Waals surface area contributed by atoms with Crippen LogP contribution in [0.25, 0.3) is 0 Å². The van der Waals surface area contributed by atoms with Crippen molar-refractivity contribution in [3.8, 4) is 6.19 Å². The van der Waals surface area contributed by atoms with Gasteiger partial charge in [0.1, 0.15) is 0 Å². The van der Waals surface area contributed by atoms with Crippen molar-refractivity contribution in [3.05, 3.63) is 0 Å². The van der Waals surface area contributed by atoms with E-state index in [0.29, 0.717) is 0 Å². The third kappa shape index (κ3) is 5.53. The molecule has 0 spiro atoms. The number of rotatable bonds is 1. The van der Waals surface area contributed by atoms with E-state index in [1.807, 2.05) is 5.48 Å². The second kappa shape index (κ2) is 3.71. The monoisotopic (exact) mass is 134 g/mol. The molecular weight excluding hydrogens is 132 g/mol. The van der Waals surface area contributed by atoms with Crippen molar-refractivity contribution in [2.24, 2.45) is 0 Å². The van der Waals surface area contributed by atoms with Crippen LogP contribution in [0.2, 0.25) is 0 Å². The second-order valence-electron chi connectivity index (χ2n) is 0.582. The molecule has 0 saturated carbocycles. The number of nitrogens with one attached hydrogen (secondary N) is 1. The summed E-state index contributed by atoms with van der Waals surface area (Å²) in [5.74, 6) is 0. The van der Waals surface area contributed by atoms with Crippen molar-refractivity contribution in [3.63, 3.8) is 0 Å². The molecule has 0 saturated heterocycles. The molecule has 1 N–H and O–H groups in total. The summed E-state index contributed by atoms with van der Waals surface area (Å²) < 4.78 is 0.00144. The van der Waals surface area contributed by atoms with Crippen molar-refractivity contribution in [1.29, 1.82) is 5.26 Å². The van der Waals surface area contributed by atoms with Crippen molar-refractivity contribution in [2.45, 2.75) is 0 Å². The van der Waals surface area contributed by atoms with E-state index < -0.39 is 0 Å². The van der Waals surface area contributed by atoms with Crippen molar-refractivity contribution >= 4 is 29.2 Å². The predicted molar refractivity (Wildman–Crippen MR) is 31.4 cm³/mol. The lowest BCUT2D eigenvalue weighted by molar-refractivity contribution is 0.252. The van der Waals surface area contributed by atoms with Crippen LogP contribution in [0.15, 0.2) is 0 Å². The highest BCUT2D eigenvalue weighted by molar-refractivity contribution is 8.10. The number of hydrogen-bond donors (Lipinski definition) is 2. The summed E-state index contributed by atoms with van der Waals surface area (Å²) in [7, 11) is 0. The molecule has 7 heavy (non-hydrogen) atoms. The molecule has 0 heterocycles. The van der Waals surface area contributed by atoms with E-state index in [2.05, 4.69) is 29.7 Å². The highest BCUT2D eigenvalue weighted by Crippen LogP contribution is 1.79. The van der Waals surface area contributed by atoms with E-state index in [-0.39, 0.29) is 4.38 Å². The van der Waals surface area contributed by atoms with Gasteiger partial charge in [0.15, 0.2) is 0 Å². The van der Waals surface area contributed by atoms with Gasteiger partial charge in [-0.1, -0.05) is 12.6 Å². The molecule has 0 radical (unpaired) electrons. The molecule has 0 aromatic rings. The van der Waals surface area contributed by atoms with Crippen LogP contribution in [0, 0.1) is 11.5 Å². The van der Waals surface area contributed by atoms with Crippen LogP contribution < -0.4 is 5.48 Å². The van der Waals surface area contributed by atoms with Crippen LogP contribution in [0.1, 0.15) is 0 Å². The molecule has 0 aliphatic rings. The smallest absolute Gasteiger partial charge is 0.250 e. The fraction of sp³-hybridized carbons (Fsp3) is 0. The topological polar surface area (TPSA) is 45.0 Å². The van der Waals surface area contributed by atoms with E-state index in [1.165, 1.54) is 6.19 Å². The Morgan fingerprint density at radius 2 is 2.57 bits per heavy atom. The maximum absolute atomic E-state index is 7.74. The molecule has 0 aromatic carbocycles. The van der Waals surface area contributed by atoms with Crippen LogP contribution >= 0.6 is 24.8 Å². The van der Waals surface area contributed by atoms with Gasteiger partial charge in [-0.25, -0.2) is 0 Å². The molecule has 0 aliphatic heterocycles. The Kier molecular flexibility index (Phi) is 3.46. The molecule has 38 valence electrons. The summed E-state index contributed by atoms with van der Waals surface area (Å²) in [6.45, 7) is 0. The second-order valence-corrected chi connectivity index (χ2v) is 1.66. The number of thiol groups is 1. The molecule has 0 unspecified atom stereocenters. The van der Waals surface area contributed by atoms with Gasteiger partial charge in [-0.3, -0.25) is 0 Å². The van der Waals surface area contributed by atoms with Crippen LogP contribution in [-0.4, -0.2) is 4.38 Å². The molecular formula is C2H2N2OS2. The van der Waals surface area contributed by atoms with Gasteiger partial charge in [0, 0.05) is 0 Å². The average molecular weight is 134 g/mol. The SMILES string of the molecule is N#CNOC(=S)S. The van der Waals surface area contributed by atoms with E-state index in [0.717, 1.165) is 0 Å². The molecule has 5 heteroatoms. The lowest BCUT2D eigenvalue weighted by atomic mass is 11.4. The quantitative estimate of drug-likeness (QED) is 0.177. The Balaban J connectivity index is 3.02. The van der Waals surface area contributed by atoms with Gasteiger partial charge in [-0.15, -0.1) is 0 Å². The summed E-state index contributed by atoms with van der Waals surface area (Å²) in [6.07, 6.45) is 1.49. The first-order valence-corrected chi connectivity index (χ1v) is 2.17. The van der Waals surface area contributed by atoms with E-state index >= 15 is 0 Å². The number of nitrogens with zero attached hydrogens (tertiary/aromatic N) is 1. The van der Waals surface area contributed by atoms with E-state index in [1.54, 1.807) is 0 Å². The first kappa shape index (κ1) is 6.53. The normalized spacial score (nSPS) is 6.29. The Morgan fingerprint density at radius 1 is 2.00 bits per heavy atom. The minimum absolute atomic E-state index is 0.00144. The zero-order valence-electron chi connectivity index (χ0n) is 3.21. The predicted octanol–water partition coefficient (Wildman–Crippen LogP) is 0.203. The average Bonchev–Trinajstić information content (AvgIpc) is 1.61. The molecule has 0 fully saturated rings. The van der Waals surface area contributed by atoms with Gasteiger partial charge >= 0.3 is 0 Å². The molecule has 0 rings (SSSR count). The Hall–Kier alpha value is -0.470. The number of hydroxylamine groups is 1. The third-order valence-electron chi connectivity index (χ3n) is 0.184. The molecule has 0 atom stereocenters. The van der Waals surface area contributed by atoms with Crippen LogP contribution in [0.4, 0.5) is 0 Å². The van der Waals surface area contributed by atoms with Gasteiger partial charge in [0.25, 0.3) is 4.38 Å². The molecule has 0 bridgehead atoms. The maximum Gasteiger partial charge on any atom is 0.250 e. The zero-order valence-corrected chi connectivity index (χ0v) is 4.92. The fourth-order valence-corrected chi connectivity index (χ4v) is 0.154. The van der Waals surface area contributed by atoms with Gasteiger partial charge in [0.2, 0.25) is 6.19 Å². The Labute approximate surface area is 51.6 Å². The molecule has 3 nitrogen and oxygen atoms in total. The van der Waals surface area contributed by atoms with Gasteiger partial charge in [0.05, 0.1) is 0 Å². The highest BCUT2D eigenvalue weighted by atomic mass is 32.1. The Morgan fingerprint density at radius 3 is 2.71 bits per heavy atom. The first-order chi connectivity index (χ1) is 3.27. The molecule has 0 amide bonds. The van der Waals surface area contributed by atoms with Crippen molar-refractivity contribution < 1.29 is 4.84 Å². The lowest BCUT2D eigenvalue weighted by Gasteiger charge is -1.91. The minimum atomic E-state index is 0.00144. The summed E-state index contributed by atoms with van der Waals surface area (Å²) in [5.41, 5.74) is 1.84. The minimum Gasteiger partial charge on any atom is -0.354 e. The van der Waals surface area contributed by atoms with Gasteiger partial charge in [-0.2, -0.15) is 10.7 Å². The standard InChI is InChI=1S/C2H2N2OS2/c3-1-4-5-2(6)7/h4H,(H,6,7). The number of thiocarbonyl (C=S) groups is 1. The van der Waals surface area contributed by atoms with E-state index in [9.17, 15) is 0 Å². The first-order valence-electron chi connectivity index (χ1n) is 1.31. The van der Waals surface area contributed by atoms with Crippen LogP contribution in [0.3, 0.4) is 0 Å². The van der Waals surface area contributed by atoms with Crippen LogP contribution in [0.5, 0.6) is 0 Å². The summed E-state index contributed by atoms with van der Waals surface area (Å²) >= 11 is 7.82. The lowest BCUT2D eigenvalue weighted by Crippen LogP contribution is -2.07. The van der Waals surface area contributed by atoms with E-state index in [4.69, 9.17) is 5.26 Å². The summed E-state index contributed by atoms with van der Waals surface area (Å²) in [4.78, 5) is 4.18. The van der Waals surface area contributed by atoms with Crippen molar-refractivity contribution in [2.75, 3.05) is 0 Å². The third-order valence-corrected chi connectivity index (χ3v) is 0.359. The van der Waals surface area contributed by atoms with Crippen LogP contribution in [-0.2, 0) is 4.84 Å². The number of hydrogen-bond acceptors (Lipinski definition) is 4. The summed E-state index contributed by atoms with van der Waals surface area (Å²) in [6, 6.07) is 0. The maximum atomic E-state index is 7.74. The van der Waals surface area contributed by atoms with Gasteiger partial charge < -0.3 is 4.84 Å². The van der Waals surface area contributed by atoms with Crippen molar-refractivity contribution in [1.82, 2.24) is 5.48 Å². The van der Waals surface area contributed by atoms with Gasteiger partial charge in [-0.05, 0) is 12.2 Å². The number of nitriles is 1. The largest absolute Gasteiger partial charge is 0.354 e.